The standard InChI is InChI=1S/C18H23NO3/c1-13(2)15-8-5-14(6-9-15)7-10-18(21)19-12-16(20)17-4-3-11-22-17/h3-6,8-9,11,13,16,20H,7,10,12H2,1-2H3,(H,19,21). The monoisotopic (exact) mass is 301 g/mol. The Labute approximate surface area is 131 Å². The Bertz CT molecular complexity index is 573. The van der Waals surface area contributed by atoms with E-state index in [1.807, 2.05) is 0 Å². The molecule has 1 atom stereocenters. The van der Waals surface area contributed by atoms with Crippen molar-refractivity contribution >= 4 is 5.91 Å². The van der Waals surface area contributed by atoms with Gasteiger partial charge in [-0.3, -0.25) is 4.79 Å². The molecule has 0 fully saturated rings. The molecule has 2 N–H and O–H groups in total. The van der Waals surface area contributed by atoms with E-state index in [4.69, 9.17) is 4.42 Å². The van der Waals surface area contributed by atoms with Crippen LogP contribution >= 0.6 is 0 Å². The zero-order valence-corrected chi connectivity index (χ0v) is 13.1. The molecule has 1 unspecified atom stereocenters. The van der Waals surface area contributed by atoms with Crippen LogP contribution in [0.25, 0.3) is 0 Å². The van der Waals surface area contributed by atoms with Crippen LogP contribution in [0.2, 0.25) is 0 Å². The Morgan fingerprint density at radius 2 is 1.95 bits per heavy atom. The van der Waals surface area contributed by atoms with Crippen LogP contribution in [0.15, 0.2) is 47.1 Å². The molecule has 0 aliphatic heterocycles. The van der Waals surface area contributed by atoms with Gasteiger partial charge in [0.1, 0.15) is 11.9 Å². The molecular weight excluding hydrogens is 278 g/mol. The van der Waals surface area contributed by atoms with Gasteiger partial charge in [0, 0.05) is 6.42 Å². The van der Waals surface area contributed by atoms with E-state index < -0.39 is 6.10 Å². The SMILES string of the molecule is CC(C)c1ccc(CCC(=O)NCC(O)c2ccco2)cc1. The van der Waals surface area contributed by atoms with Crippen molar-refractivity contribution in [3.05, 3.63) is 59.5 Å². The van der Waals surface area contributed by atoms with Crippen LogP contribution in [0.3, 0.4) is 0 Å². The molecule has 22 heavy (non-hydrogen) atoms. The van der Waals surface area contributed by atoms with Crippen LogP contribution in [-0.4, -0.2) is 17.6 Å². The van der Waals surface area contributed by atoms with Gasteiger partial charge in [0.25, 0.3) is 0 Å². The minimum Gasteiger partial charge on any atom is -0.467 e. The third kappa shape index (κ3) is 4.74. The second-order valence-electron chi connectivity index (χ2n) is 5.73. The van der Waals surface area contributed by atoms with Crippen molar-refractivity contribution in [2.75, 3.05) is 6.54 Å². The molecule has 1 amide bonds. The molecule has 0 bridgehead atoms. The Morgan fingerprint density at radius 3 is 2.55 bits per heavy atom. The largest absolute Gasteiger partial charge is 0.467 e. The van der Waals surface area contributed by atoms with E-state index in [1.54, 1.807) is 12.1 Å². The van der Waals surface area contributed by atoms with Crippen molar-refractivity contribution in [1.29, 1.82) is 0 Å². The number of aryl methyl sites for hydroxylation is 1. The molecule has 118 valence electrons. The summed E-state index contributed by atoms with van der Waals surface area (Å²) in [6.45, 7) is 4.48. The summed E-state index contributed by atoms with van der Waals surface area (Å²) in [7, 11) is 0. The summed E-state index contributed by atoms with van der Waals surface area (Å²) in [5, 5.41) is 12.5. The van der Waals surface area contributed by atoms with Crippen molar-refractivity contribution in [2.24, 2.45) is 0 Å². The van der Waals surface area contributed by atoms with Crippen LogP contribution in [0.5, 0.6) is 0 Å². The maximum atomic E-state index is 11.8. The zero-order chi connectivity index (χ0) is 15.9. The van der Waals surface area contributed by atoms with Gasteiger partial charge in [-0.2, -0.15) is 0 Å². The number of hydrogen-bond acceptors (Lipinski definition) is 3. The number of rotatable bonds is 7. The van der Waals surface area contributed by atoms with Crippen molar-refractivity contribution in [2.45, 2.75) is 38.7 Å². The number of aliphatic hydroxyl groups excluding tert-OH is 1. The maximum Gasteiger partial charge on any atom is 0.220 e. The molecule has 0 radical (unpaired) electrons. The average molecular weight is 301 g/mol. The summed E-state index contributed by atoms with van der Waals surface area (Å²) in [5.74, 6) is 0.906. The highest BCUT2D eigenvalue weighted by Crippen LogP contribution is 2.15. The van der Waals surface area contributed by atoms with Crippen LogP contribution in [0.4, 0.5) is 0 Å². The van der Waals surface area contributed by atoms with E-state index in [0.717, 1.165) is 5.56 Å². The number of amides is 1. The van der Waals surface area contributed by atoms with Crippen molar-refractivity contribution in [3.63, 3.8) is 0 Å². The summed E-state index contributed by atoms with van der Waals surface area (Å²) in [4.78, 5) is 11.8. The highest BCUT2D eigenvalue weighted by atomic mass is 16.4. The van der Waals surface area contributed by atoms with Gasteiger partial charge in [-0.15, -0.1) is 0 Å². The number of nitrogens with one attached hydrogen (secondary N) is 1. The quantitative estimate of drug-likeness (QED) is 0.825. The van der Waals surface area contributed by atoms with Gasteiger partial charge in [0.2, 0.25) is 5.91 Å². The van der Waals surface area contributed by atoms with Crippen LogP contribution in [-0.2, 0) is 11.2 Å². The predicted molar refractivity (Wildman–Crippen MR) is 85.5 cm³/mol. The Kier molecular flexibility index (Phi) is 5.78. The fourth-order valence-electron chi connectivity index (χ4n) is 2.21. The van der Waals surface area contributed by atoms with E-state index in [1.165, 1.54) is 11.8 Å². The highest BCUT2D eigenvalue weighted by molar-refractivity contribution is 5.76. The summed E-state index contributed by atoms with van der Waals surface area (Å²) in [5.41, 5.74) is 2.45. The lowest BCUT2D eigenvalue weighted by Gasteiger charge is -2.10. The molecule has 0 spiro atoms. The average Bonchev–Trinajstić information content (AvgIpc) is 3.05. The second-order valence-corrected chi connectivity index (χ2v) is 5.73. The van der Waals surface area contributed by atoms with E-state index in [2.05, 4.69) is 43.4 Å². The third-order valence-electron chi connectivity index (χ3n) is 3.65. The summed E-state index contributed by atoms with van der Waals surface area (Å²) in [6, 6.07) is 11.8. The molecule has 2 rings (SSSR count). The molecule has 1 aromatic carbocycles. The second kappa shape index (κ2) is 7.80. The Morgan fingerprint density at radius 1 is 1.23 bits per heavy atom. The molecule has 0 saturated carbocycles. The Balaban J connectivity index is 1.73. The van der Waals surface area contributed by atoms with Gasteiger partial charge in [0.05, 0.1) is 12.8 Å². The molecule has 4 nitrogen and oxygen atoms in total. The van der Waals surface area contributed by atoms with E-state index in [9.17, 15) is 9.90 Å². The van der Waals surface area contributed by atoms with Gasteiger partial charge >= 0.3 is 0 Å². The number of benzene rings is 1. The molecule has 2 aromatic rings. The summed E-state index contributed by atoms with van der Waals surface area (Å²) >= 11 is 0. The van der Waals surface area contributed by atoms with Crippen molar-refractivity contribution in [1.82, 2.24) is 5.32 Å². The van der Waals surface area contributed by atoms with Crippen molar-refractivity contribution in [3.8, 4) is 0 Å². The van der Waals surface area contributed by atoms with E-state index in [0.29, 0.717) is 24.5 Å². The lowest BCUT2D eigenvalue weighted by atomic mass is 10.0. The molecule has 0 aliphatic carbocycles. The third-order valence-corrected chi connectivity index (χ3v) is 3.65. The van der Waals surface area contributed by atoms with Crippen LogP contribution in [0.1, 0.15) is 49.2 Å². The first-order chi connectivity index (χ1) is 10.6. The van der Waals surface area contributed by atoms with Gasteiger partial charge in [-0.25, -0.2) is 0 Å². The fourth-order valence-corrected chi connectivity index (χ4v) is 2.21. The normalized spacial score (nSPS) is 12.4. The first-order valence-electron chi connectivity index (χ1n) is 7.63. The Hall–Kier alpha value is -2.07. The first kappa shape index (κ1) is 16.3. The summed E-state index contributed by atoms with van der Waals surface area (Å²) in [6.07, 6.45) is 1.80. The maximum absolute atomic E-state index is 11.8. The molecule has 1 aromatic heterocycles. The van der Waals surface area contributed by atoms with Gasteiger partial charge < -0.3 is 14.8 Å². The van der Waals surface area contributed by atoms with Crippen LogP contribution in [0, 0.1) is 0 Å². The number of furan rings is 1. The number of carbonyl (C=O) groups excluding carboxylic acids is 1. The highest BCUT2D eigenvalue weighted by Gasteiger charge is 2.11. The topological polar surface area (TPSA) is 62.5 Å². The minimum absolute atomic E-state index is 0.0708. The smallest absolute Gasteiger partial charge is 0.220 e. The number of carbonyl (C=O) groups is 1. The molecule has 4 heteroatoms. The van der Waals surface area contributed by atoms with Crippen LogP contribution < -0.4 is 5.32 Å². The predicted octanol–water partition coefficient (Wildman–Crippen LogP) is 3.19. The molecule has 0 aliphatic rings. The zero-order valence-electron chi connectivity index (χ0n) is 13.1. The minimum atomic E-state index is -0.802. The molecule has 1 heterocycles. The van der Waals surface area contributed by atoms with Gasteiger partial charge in [0.15, 0.2) is 0 Å². The van der Waals surface area contributed by atoms with Crippen molar-refractivity contribution < 1.29 is 14.3 Å². The van der Waals surface area contributed by atoms with E-state index in [-0.39, 0.29) is 12.5 Å². The molecular formula is C18H23NO3. The molecule has 0 saturated heterocycles. The number of aliphatic hydroxyl groups is 1. The van der Waals surface area contributed by atoms with Gasteiger partial charge in [-0.1, -0.05) is 38.1 Å². The summed E-state index contributed by atoms with van der Waals surface area (Å²) < 4.78 is 5.09. The lowest BCUT2D eigenvalue weighted by molar-refractivity contribution is -0.121. The lowest BCUT2D eigenvalue weighted by Crippen LogP contribution is -2.28. The first-order valence-corrected chi connectivity index (χ1v) is 7.63. The van der Waals surface area contributed by atoms with E-state index >= 15 is 0 Å². The number of hydrogen-bond donors (Lipinski definition) is 2. The fraction of sp³-hybridized carbons (Fsp3) is 0.389. The van der Waals surface area contributed by atoms with Gasteiger partial charge in [-0.05, 0) is 35.6 Å².